The first-order chi connectivity index (χ1) is 13.5. The molecule has 1 aromatic heterocycles. The van der Waals surface area contributed by atoms with E-state index in [-0.39, 0.29) is 17.3 Å². The average Bonchev–Trinajstić information content (AvgIpc) is 3.11. The van der Waals surface area contributed by atoms with E-state index in [0.29, 0.717) is 16.4 Å². The molecule has 2 aromatic carbocycles. The van der Waals surface area contributed by atoms with Gasteiger partial charge in [0.2, 0.25) is 0 Å². The first-order valence-corrected chi connectivity index (χ1v) is 9.04. The number of aliphatic hydroxyl groups is 1. The Balaban J connectivity index is 1.79. The zero-order valence-corrected chi connectivity index (χ0v) is 15.7. The number of thiazole rings is 1. The van der Waals surface area contributed by atoms with Crippen LogP contribution >= 0.6 is 11.3 Å². The maximum Gasteiger partial charge on any atom is 0.270 e. The van der Waals surface area contributed by atoms with Crippen molar-refractivity contribution in [1.29, 1.82) is 0 Å². The second-order valence-electron chi connectivity index (χ2n) is 5.72. The molecule has 3 aromatic rings. The first-order valence-electron chi connectivity index (χ1n) is 8.23. The molecule has 2 amide bonds. The lowest BCUT2D eigenvalue weighted by molar-refractivity contribution is 0.0997. The van der Waals surface area contributed by atoms with Crippen LogP contribution in [0.25, 0.3) is 0 Å². The van der Waals surface area contributed by atoms with Gasteiger partial charge in [-0.05, 0) is 42.0 Å². The number of aromatic nitrogens is 1. The molecule has 3 rings (SSSR count). The Morgan fingerprint density at radius 3 is 2.39 bits per heavy atom. The summed E-state index contributed by atoms with van der Waals surface area (Å²) in [6.07, 6.45) is 0. The summed E-state index contributed by atoms with van der Waals surface area (Å²) in [4.78, 5) is 28.3. The third-order valence-corrected chi connectivity index (χ3v) is 4.71. The lowest BCUT2D eigenvalue weighted by Gasteiger charge is -2.05. The number of anilines is 3. The molecule has 0 bridgehead atoms. The monoisotopic (exact) mass is 398 g/mol. The molecule has 0 radical (unpaired) electrons. The fourth-order valence-electron chi connectivity index (χ4n) is 2.36. The minimum atomic E-state index is -0.745. The number of benzene rings is 2. The van der Waals surface area contributed by atoms with Gasteiger partial charge in [0.15, 0.2) is 10.8 Å². The third kappa shape index (κ3) is 4.45. The Morgan fingerprint density at radius 2 is 1.82 bits per heavy atom. The Bertz CT molecular complexity index is 984. The van der Waals surface area contributed by atoms with Crippen LogP contribution in [-0.2, 0) is 6.61 Å². The van der Waals surface area contributed by atoms with E-state index in [1.165, 1.54) is 7.11 Å². The average molecular weight is 398 g/mol. The molecule has 0 aliphatic heterocycles. The second kappa shape index (κ2) is 8.51. The fourth-order valence-corrected chi connectivity index (χ4v) is 3.25. The summed E-state index contributed by atoms with van der Waals surface area (Å²) in [5.41, 5.74) is 7.26. The largest absolute Gasteiger partial charge is 0.497 e. The molecule has 0 spiro atoms. The summed E-state index contributed by atoms with van der Waals surface area (Å²) < 4.78 is 5.07. The van der Waals surface area contributed by atoms with Gasteiger partial charge in [0, 0.05) is 11.3 Å². The second-order valence-corrected chi connectivity index (χ2v) is 6.72. The van der Waals surface area contributed by atoms with Gasteiger partial charge < -0.3 is 26.2 Å². The van der Waals surface area contributed by atoms with Gasteiger partial charge in [-0.3, -0.25) is 9.59 Å². The molecule has 1 heterocycles. The number of aliphatic hydroxyl groups excluding tert-OH is 1. The Kier molecular flexibility index (Phi) is 5.87. The molecule has 28 heavy (non-hydrogen) atoms. The zero-order chi connectivity index (χ0) is 20.1. The van der Waals surface area contributed by atoms with Gasteiger partial charge in [-0.1, -0.05) is 23.5 Å². The van der Waals surface area contributed by atoms with Crippen LogP contribution in [-0.4, -0.2) is 29.0 Å². The molecule has 0 saturated carbocycles. The van der Waals surface area contributed by atoms with E-state index in [0.717, 1.165) is 22.6 Å². The van der Waals surface area contributed by atoms with Crippen molar-refractivity contribution < 1.29 is 19.4 Å². The number of amides is 2. The minimum absolute atomic E-state index is 0.0265. The third-order valence-electron chi connectivity index (χ3n) is 3.83. The summed E-state index contributed by atoms with van der Waals surface area (Å²) in [5, 5.41) is 15.5. The normalized spacial score (nSPS) is 10.4. The van der Waals surface area contributed by atoms with Crippen LogP contribution in [0.4, 0.5) is 15.8 Å². The van der Waals surface area contributed by atoms with Crippen LogP contribution in [0.5, 0.6) is 5.75 Å². The van der Waals surface area contributed by atoms with E-state index in [1.54, 1.807) is 48.5 Å². The number of hydrogen-bond donors (Lipinski definition) is 4. The molecule has 0 saturated heterocycles. The van der Waals surface area contributed by atoms with Gasteiger partial charge in [0.1, 0.15) is 10.8 Å². The Morgan fingerprint density at radius 1 is 1.14 bits per heavy atom. The van der Waals surface area contributed by atoms with Crippen molar-refractivity contribution >= 4 is 39.0 Å². The number of rotatable bonds is 7. The lowest BCUT2D eigenvalue weighted by atomic mass is 10.2. The summed E-state index contributed by atoms with van der Waals surface area (Å²) in [6, 6.07) is 13.6. The molecule has 0 unspecified atom stereocenters. The molecule has 0 aliphatic rings. The summed E-state index contributed by atoms with van der Waals surface area (Å²) >= 11 is 1.09. The summed E-state index contributed by atoms with van der Waals surface area (Å²) in [6.45, 7) is -0.0507. The van der Waals surface area contributed by atoms with Crippen LogP contribution in [0.3, 0.4) is 0 Å². The number of carbonyl (C=O) groups excluding carboxylic acids is 2. The quantitative estimate of drug-likeness (QED) is 0.485. The Hall–Kier alpha value is -3.43. The van der Waals surface area contributed by atoms with Crippen LogP contribution in [0.2, 0.25) is 0 Å². The highest BCUT2D eigenvalue weighted by molar-refractivity contribution is 7.20. The van der Waals surface area contributed by atoms with E-state index in [1.807, 2.05) is 0 Å². The minimum Gasteiger partial charge on any atom is -0.497 e. The highest BCUT2D eigenvalue weighted by Crippen LogP contribution is 2.31. The van der Waals surface area contributed by atoms with Crippen molar-refractivity contribution in [2.45, 2.75) is 6.61 Å². The number of nitrogens with two attached hydrogens (primary N) is 1. The van der Waals surface area contributed by atoms with Crippen molar-refractivity contribution in [3.8, 4) is 5.75 Å². The molecule has 0 fully saturated rings. The van der Waals surface area contributed by atoms with Gasteiger partial charge in [0.05, 0.1) is 13.7 Å². The highest BCUT2D eigenvalue weighted by Gasteiger charge is 2.19. The fraction of sp³-hybridized carbons (Fsp3) is 0.105. The van der Waals surface area contributed by atoms with Gasteiger partial charge >= 0.3 is 0 Å². The Labute approximate surface area is 165 Å². The number of methoxy groups -OCH3 is 1. The lowest BCUT2D eigenvalue weighted by Crippen LogP contribution is -2.17. The molecule has 5 N–H and O–H groups in total. The number of ether oxygens (including phenoxy) is 1. The predicted octanol–water partition coefficient (Wildman–Crippen LogP) is 2.74. The SMILES string of the molecule is COc1ccc(C(=O)Nc2sc(Nc3ccc(CO)cc3)nc2C(N)=O)cc1. The zero-order valence-electron chi connectivity index (χ0n) is 14.9. The van der Waals surface area contributed by atoms with Crippen molar-refractivity contribution in [1.82, 2.24) is 4.98 Å². The van der Waals surface area contributed by atoms with Crippen LogP contribution < -0.4 is 21.1 Å². The summed E-state index contributed by atoms with van der Waals surface area (Å²) in [7, 11) is 1.54. The maximum absolute atomic E-state index is 12.5. The maximum atomic E-state index is 12.5. The number of hydrogen-bond acceptors (Lipinski definition) is 7. The van der Waals surface area contributed by atoms with Crippen molar-refractivity contribution in [2.75, 3.05) is 17.7 Å². The molecule has 8 nitrogen and oxygen atoms in total. The van der Waals surface area contributed by atoms with Gasteiger partial charge in [-0.2, -0.15) is 0 Å². The van der Waals surface area contributed by atoms with Crippen LogP contribution in [0.15, 0.2) is 48.5 Å². The van der Waals surface area contributed by atoms with E-state index in [4.69, 9.17) is 15.6 Å². The van der Waals surface area contributed by atoms with Crippen molar-refractivity contribution in [3.05, 3.63) is 65.4 Å². The summed E-state index contributed by atoms with van der Waals surface area (Å²) in [5.74, 6) is -0.511. The van der Waals surface area contributed by atoms with E-state index in [2.05, 4.69) is 15.6 Å². The molecule has 9 heteroatoms. The topological polar surface area (TPSA) is 127 Å². The van der Waals surface area contributed by atoms with Crippen molar-refractivity contribution in [3.63, 3.8) is 0 Å². The molecule has 144 valence electrons. The number of nitrogens with zero attached hydrogens (tertiary/aromatic N) is 1. The van der Waals surface area contributed by atoms with Gasteiger partial charge in [-0.15, -0.1) is 0 Å². The smallest absolute Gasteiger partial charge is 0.270 e. The number of carbonyl (C=O) groups is 2. The molecule has 0 atom stereocenters. The van der Waals surface area contributed by atoms with E-state index in [9.17, 15) is 9.59 Å². The highest BCUT2D eigenvalue weighted by atomic mass is 32.1. The van der Waals surface area contributed by atoms with Crippen molar-refractivity contribution in [2.24, 2.45) is 5.73 Å². The first kappa shape index (κ1) is 19.3. The number of primary amides is 1. The number of nitrogens with one attached hydrogen (secondary N) is 2. The molecule has 0 aliphatic carbocycles. The van der Waals surface area contributed by atoms with Crippen LogP contribution in [0, 0.1) is 0 Å². The molecular formula is C19H18N4O4S. The predicted molar refractivity (Wildman–Crippen MR) is 107 cm³/mol. The van der Waals surface area contributed by atoms with E-state index >= 15 is 0 Å². The van der Waals surface area contributed by atoms with Crippen LogP contribution in [0.1, 0.15) is 26.4 Å². The standard InChI is InChI=1S/C19H18N4O4S/c1-27-14-8-4-12(5-9-14)17(26)23-18-15(16(20)25)22-19(28-18)21-13-6-2-11(10-24)3-7-13/h2-9,24H,10H2,1H3,(H2,20,25)(H,21,22)(H,23,26). The van der Waals surface area contributed by atoms with E-state index < -0.39 is 11.8 Å². The molecular weight excluding hydrogens is 380 g/mol. The van der Waals surface area contributed by atoms with Gasteiger partial charge in [0.25, 0.3) is 11.8 Å². The van der Waals surface area contributed by atoms with Gasteiger partial charge in [-0.25, -0.2) is 4.98 Å².